The fraction of sp³-hybridized carbons (Fsp3) is 0.737. The summed E-state index contributed by atoms with van der Waals surface area (Å²) < 4.78 is 42.8. The van der Waals surface area contributed by atoms with E-state index in [1.807, 2.05) is 0 Å². The minimum atomic E-state index is -3.76. The average Bonchev–Trinajstić information content (AvgIpc) is 3.14. The summed E-state index contributed by atoms with van der Waals surface area (Å²) >= 11 is 0. The molecule has 4 fully saturated rings. The summed E-state index contributed by atoms with van der Waals surface area (Å²) in [6.07, 6.45) is 1.92. The normalized spacial score (nSPS) is 33.3. The van der Waals surface area contributed by atoms with Crippen molar-refractivity contribution >= 4 is 16.0 Å². The zero-order valence-electron chi connectivity index (χ0n) is 16.0. The van der Waals surface area contributed by atoms with Gasteiger partial charge in [0.15, 0.2) is 0 Å². The van der Waals surface area contributed by atoms with Gasteiger partial charge < -0.3 is 13.9 Å². The number of sulfonamides is 1. The van der Waals surface area contributed by atoms with Crippen molar-refractivity contribution in [2.45, 2.75) is 44.8 Å². The second-order valence-electron chi connectivity index (χ2n) is 8.53. The number of hydrogen-bond donors (Lipinski definition) is 0. The molecule has 1 aromatic heterocycles. The maximum absolute atomic E-state index is 12.6. The van der Waals surface area contributed by atoms with Crippen molar-refractivity contribution in [3.05, 3.63) is 17.9 Å². The molecule has 0 amide bonds. The van der Waals surface area contributed by atoms with Crippen LogP contribution < -0.4 is 0 Å². The fourth-order valence-corrected chi connectivity index (χ4v) is 6.26. The van der Waals surface area contributed by atoms with E-state index < -0.39 is 16.0 Å². The largest absolute Gasteiger partial charge is 0.456 e. The molecular weight excluding hydrogens is 370 g/mol. The Hall–Kier alpha value is -1.38. The molecule has 0 spiro atoms. The van der Waals surface area contributed by atoms with E-state index in [1.165, 1.54) is 22.9 Å². The highest BCUT2D eigenvalue weighted by Crippen LogP contribution is 2.61. The van der Waals surface area contributed by atoms with E-state index >= 15 is 0 Å². The van der Waals surface area contributed by atoms with E-state index in [4.69, 9.17) is 13.9 Å². The number of furan rings is 1. The van der Waals surface area contributed by atoms with Crippen molar-refractivity contribution in [2.24, 2.45) is 23.2 Å². The Morgan fingerprint density at radius 2 is 1.93 bits per heavy atom. The molecule has 0 unspecified atom stereocenters. The van der Waals surface area contributed by atoms with Crippen molar-refractivity contribution in [1.82, 2.24) is 4.31 Å². The standard InChI is InChI=1S/C19H27NO6S/c1-12-14-10-13(19(14,2)3)11-16(12)26-18(21)15-4-5-17(25-15)27(22,23)20-6-8-24-9-7-20/h4-5,12-14,16H,6-11H2,1-3H3/t12-,13+,14-,16+/m1/s1. The lowest BCUT2D eigenvalue weighted by Crippen LogP contribution is -2.57. The van der Waals surface area contributed by atoms with Gasteiger partial charge in [0.05, 0.1) is 13.2 Å². The van der Waals surface area contributed by atoms with E-state index in [1.54, 1.807) is 0 Å². The van der Waals surface area contributed by atoms with Crippen LogP contribution in [0.25, 0.3) is 0 Å². The zero-order chi connectivity index (χ0) is 19.4. The SMILES string of the molecule is C[C@H]1[C@@H](OC(=O)c2ccc(S(=O)(=O)N3CCOCC3)o2)C[C@@H]2C[C@H]1C2(C)C. The molecule has 150 valence electrons. The molecular formula is C19H27NO6S. The first-order valence-electron chi connectivity index (χ1n) is 9.60. The van der Waals surface area contributed by atoms with Gasteiger partial charge in [-0.3, -0.25) is 0 Å². The van der Waals surface area contributed by atoms with Crippen molar-refractivity contribution in [1.29, 1.82) is 0 Å². The van der Waals surface area contributed by atoms with E-state index in [0.717, 1.165) is 6.42 Å². The molecule has 4 aliphatic rings. The van der Waals surface area contributed by atoms with Crippen LogP contribution in [0.2, 0.25) is 0 Å². The van der Waals surface area contributed by atoms with Gasteiger partial charge in [0.2, 0.25) is 10.9 Å². The third-order valence-corrected chi connectivity index (χ3v) is 8.66. The Labute approximate surface area is 160 Å². The first kappa shape index (κ1) is 19.0. The summed E-state index contributed by atoms with van der Waals surface area (Å²) in [6.45, 7) is 7.98. The number of esters is 1. The quantitative estimate of drug-likeness (QED) is 0.726. The van der Waals surface area contributed by atoms with Crippen LogP contribution in [0.3, 0.4) is 0 Å². The number of fused-ring (bicyclic) bond motifs is 2. The summed E-state index contributed by atoms with van der Waals surface area (Å²) in [5.74, 6) is 0.774. The number of rotatable bonds is 4. The molecule has 5 rings (SSSR count). The molecule has 1 saturated heterocycles. The lowest BCUT2D eigenvalue weighted by molar-refractivity contribution is -0.157. The summed E-state index contributed by atoms with van der Waals surface area (Å²) in [5.41, 5.74) is 0.312. The third kappa shape index (κ3) is 3.11. The van der Waals surface area contributed by atoms with Gasteiger partial charge in [0, 0.05) is 13.1 Å². The Balaban J connectivity index is 1.44. The van der Waals surface area contributed by atoms with Gasteiger partial charge in [0.1, 0.15) is 6.10 Å². The second-order valence-corrected chi connectivity index (χ2v) is 10.4. The van der Waals surface area contributed by atoms with Crippen LogP contribution in [0, 0.1) is 23.2 Å². The topological polar surface area (TPSA) is 86.1 Å². The summed E-state index contributed by atoms with van der Waals surface area (Å²) in [7, 11) is -3.76. The molecule has 0 N–H and O–H groups in total. The highest BCUT2D eigenvalue weighted by atomic mass is 32.2. The van der Waals surface area contributed by atoms with Gasteiger partial charge in [-0.2, -0.15) is 4.31 Å². The van der Waals surface area contributed by atoms with Crippen LogP contribution in [-0.2, 0) is 19.5 Å². The van der Waals surface area contributed by atoms with Crippen molar-refractivity contribution in [3.63, 3.8) is 0 Å². The van der Waals surface area contributed by atoms with Gasteiger partial charge >= 0.3 is 5.97 Å². The summed E-state index contributed by atoms with van der Waals surface area (Å²) in [5, 5.41) is -0.225. The van der Waals surface area contributed by atoms with Crippen molar-refractivity contribution in [2.75, 3.05) is 26.3 Å². The molecule has 0 radical (unpaired) electrons. The highest BCUT2D eigenvalue weighted by Gasteiger charge is 2.57. The van der Waals surface area contributed by atoms with Crippen LogP contribution in [-0.4, -0.2) is 51.1 Å². The van der Waals surface area contributed by atoms with Gasteiger partial charge in [-0.15, -0.1) is 0 Å². The molecule has 2 bridgehead atoms. The monoisotopic (exact) mass is 397 g/mol. The average molecular weight is 397 g/mol. The number of morpholine rings is 1. The van der Waals surface area contributed by atoms with E-state index in [9.17, 15) is 13.2 Å². The number of nitrogens with zero attached hydrogens (tertiary/aromatic N) is 1. The van der Waals surface area contributed by atoms with E-state index in [2.05, 4.69) is 20.8 Å². The number of hydrogen-bond acceptors (Lipinski definition) is 6. The Morgan fingerprint density at radius 3 is 2.56 bits per heavy atom. The second kappa shape index (κ2) is 6.60. The number of ether oxygens (including phenoxy) is 2. The minimum absolute atomic E-state index is 0.0625. The number of carbonyl (C=O) groups is 1. The summed E-state index contributed by atoms with van der Waals surface area (Å²) in [4.78, 5) is 12.5. The number of carbonyl (C=O) groups excluding carboxylic acids is 1. The molecule has 27 heavy (non-hydrogen) atoms. The van der Waals surface area contributed by atoms with Gasteiger partial charge in [-0.25, -0.2) is 13.2 Å². The third-order valence-electron chi connectivity index (χ3n) is 6.89. The van der Waals surface area contributed by atoms with Gasteiger partial charge in [-0.1, -0.05) is 20.8 Å². The van der Waals surface area contributed by atoms with Gasteiger partial charge in [0.25, 0.3) is 10.0 Å². The zero-order valence-corrected chi connectivity index (χ0v) is 16.8. The van der Waals surface area contributed by atoms with Crippen LogP contribution >= 0.6 is 0 Å². The first-order valence-corrected chi connectivity index (χ1v) is 11.0. The van der Waals surface area contributed by atoms with E-state index in [-0.39, 0.29) is 30.0 Å². The Kier molecular flexibility index (Phi) is 4.63. The van der Waals surface area contributed by atoms with Crippen LogP contribution in [0.1, 0.15) is 44.2 Å². The smallest absolute Gasteiger partial charge is 0.374 e. The molecule has 1 aliphatic heterocycles. The molecule has 7 nitrogen and oxygen atoms in total. The predicted molar refractivity (Wildman–Crippen MR) is 96.6 cm³/mol. The lowest BCUT2D eigenvalue weighted by atomic mass is 9.45. The summed E-state index contributed by atoms with van der Waals surface area (Å²) in [6, 6.07) is 2.71. The van der Waals surface area contributed by atoms with Crippen molar-refractivity contribution in [3.8, 4) is 0 Å². The molecule has 1 aromatic rings. The van der Waals surface area contributed by atoms with Gasteiger partial charge in [-0.05, 0) is 48.1 Å². The van der Waals surface area contributed by atoms with Crippen LogP contribution in [0.15, 0.2) is 21.6 Å². The lowest BCUT2D eigenvalue weighted by Gasteiger charge is -2.61. The first-order chi connectivity index (χ1) is 12.7. The van der Waals surface area contributed by atoms with E-state index in [0.29, 0.717) is 36.4 Å². The highest BCUT2D eigenvalue weighted by molar-refractivity contribution is 7.89. The molecule has 3 saturated carbocycles. The van der Waals surface area contributed by atoms with Crippen LogP contribution in [0.4, 0.5) is 0 Å². The molecule has 2 heterocycles. The molecule has 8 heteroatoms. The maximum Gasteiger partial charge on any atom is 0.374 e. The molecule has 0 aromatic carbocycles. The van der Waals surface area contributed by atoms with Crippen molar-refractivity contribution < 1.29 is 27.1 Å². The molecule has 3 aliphatic carbocycles. The Morgan fingerprint density at radius 1 is 1.22 bits per heavy atom. The minimum Gasteiger partial charge on any atom is -0.456 e. The maximum atomic E-state index is 12.6. The fourth-order valence-electron chi connectivity index (χ4n) is 4.94. The Bertz CT molecular complexity index is 823. The predicted octanol–water partition coefficient (Wildman–Crippen LogP) is 2.53. The molecule has 4 atom stereocenters. The van der Waals surface area contributed by atoms with Crippen LogP contribution in [0.5, 0.6) is 0 Å².